The number of aryl methyl sites for hydroxylation is 2. The van der Waals surface area contributed by atoms with Crippen LogP contribution in [-0.2, 0) is 19.4 Å². The van der Waals surface area contributed by atoms with Crippen molar-refractivity contribution < 1.29 is 0 Å². The van der Waals surface area contributed by atoms with Crippen molar-refractivity contribution in [2.75, 3.05) is 0 Å². The summed E-state index contributed by atoms with van der Waals surface area (Å²) < 4.78 is 0. The van der Waals surface area contributed by atoms with Crippen LogP contribution in [0, 0.1) is 0 Å². The SMILES string of the molecule is NCc1nc(CCc2ccccc2Cl)n[nH]1. The van der Waals surface area contributed by atoms with Gasteiger partial charge in [0.15, 0.2) is 5.82 Å². The van der Waals surface area contributed by atoms with E-state index in [1.54, 1.807) is 0 Å². The van der Waals surface area contributed by atoms with Gasteiger partial charge in [-0.25, -0.2) is 4.98 Å². The number of aromatic amines is 1. The van der Waals surface area contributed by atoms with Gasteiger partial charge in [0.2, 0.25) is 0 Å². The summed E-state index contributed by atoms with van der Waals surface area (Å²) in [7, 11) is 0. The van der Waals surface area contributed by atoms with Gasteiger partial charge in [-0.2, -0.15) is 5.10 Å². The molecule has 0 amide bonds. The molecule has 0 saturated carbocycles. The summed E-state index contributed by atoms with van der Waals surface area (Å²) in [5.41, 5.74) is 6.55. The third kappa shape index (κ3) is 2.59. The molecule has 0 unspecified atom stereocenters. The molecule has 1 aromatic carbocycles. The number of hydrogen-bond donors (Lipinski definition) is 2. The highest BCUT2D eigenvalue weighted by Crippen LogP contribution is 2.16. The Morgan fingerprint density at radius 2 is 2.06 bits per heavy atom. The second-order valence-electron chi connectivity index (χ2n) is 3.49. The van der Waals surface area contributed by atoms with Crippen LogP contribution in [-0.4, -0.2) is 15.2 Å². The van der Waals surface area contributed by atoms with E-state index in [9.17, 15) is 0 Å². The van der Waals surface area contributed by atoms with E-state index in [0.717, 1.165) is 29.3 Å². The second kappa shape index (κ2) is 5.09. The van der Waals surface area contributed by atoms with E-state index in [1.807, 2.05) is 24.3 Å². The maximum atomic E-state index is 6.05. The second-order valence-corrected chi connectivity index (χ2v) is 3.90. The first kappa shape index (κ1) is 11.1. The zero-order valence-electron chi connectivity index (χ0n) is 8.78. The number of H-pyrrole nitrogens is 1. The average Bonchev–Trinajstić information content (AvgIpc) is 2.76. The van der Waals surface area contributed by atoms with Crippen molar-refractivity contribution in [3.05, 3.63) is 46.5 Å². The molecule has 0 bridgehead atoms. The van der Waals surface area contributed by atoms with Gasteiger partial charge in [-0.1, -0.05) is 29.8 Å². The Hall–Kier alpha value is -1.39. The van der Waals surface area contributed by atoms with Gasteiger partial charge in [-0.05, 0) is 18.1 Å². The largest absolute Gasteiger partial charge is 0.324 e. The van der Waals surface area contributed by atoms with Gasteiger partial charge in [0.1, 0.15) is 5.82 Å². The smallest absolute Gasteiger partial charge is 0.151 e. The van der Waals surface area contributed by atoms with Crippen molar-refractivity contribution in [2.24, 2.45) is 5.73 Å². The van der Waals surface area contributed by atoms with Gasteiger partial charge in [-0.15, -0.1) is 0 Å². The van der Waals surface area contributed by atoms with Crippen molar-refractivity contribution in [1.29, 1.82) is 0 Å². The molecule has 3 N–H and O–H groups in total. The quantitative estimate of drug-likeness (QED) is 0.849. The molecule has 0 saturated heterocycles. The minimum Gasteiger partial charge on any atom is -0.324 e. The topological polar surface area (TPSA) is 67.6 Å². The Bertz CT molecular complexity index is 467. The molecule has 1 aromatic heterocycles. The molecule has 4 nitrogen and oxygen atoms in total. The molecule has 0 aliphatic carbocycles. The molecule has 0 spiro atoms. The Morgan fingerprint density at radius 1 is 1.25 bits per heavy atom. The number of nitrogens with zero attached hydrogens (tertiary/aromatic N) is 2. The minimum atomic E-state index is 0.388. The van der Waals surface area contributed by atoms with Gasteiger partial charge < -0.3 is 5.73 Å². The highest BCUT2D eigenvalue weighted by molar-refractivity contribution is 6.31. The molecular formula is C11H13ClN4. The summed E-state index contributed by atoms with van der Waals surface area (Å²) in [6.07, 6.45) is 1.60. The molecule has 1 heterocycles. The fraction of sp³-hybridized carbons (Fsp3) is 0.273. The first-order chi connectivity index (χ1) is 7.79. The van der Waals surface area contributed by atoms with Crippen LogP contribution in [0.2, 0.25) is 5.02 Å². The van der Waals surface area contributed by atoms with Gasteiger partial charge >= 0.3 is 0 Å². The fourth-order valence-electron chi connectivity index (χ4n) is 1.49. The van der Waals surface area contributed by atoms with Gasteiger partial charge in [0.25, 0.3) is 0 Å². The number of hydrogen-bond acceptors (Lipinski definition) is 3. The van der Waals surface area contributed by atoms with Crippen molar-refractivity contribution in [1.82, 2.24) is 15.2 Å². The zero-order chi connectivity index (χ0) is 11.4. The van der Waals surface area contributed by atoms with E-state index in [1.165, 1.54) is 0 Å². The average molecular weight is 237 g/mol. The monoisotopic (exact) mass is 236 g/mol. The highest BCUT2D eigenvalue weighted by atomic mass is 35.5. The summed E-state index contributed by atoms with van der Waals surface area (Å²) in [5, 5.41) is 7.65. The molecule has 2 aromatic rings. The molecule has 84 valence electrons. The summed E-state index contributed by atoms with van der Waals surface area (Å²) >= 11 is 6.05. The molecule has 0 aliphatic rings. The highest BCUT2D eigenvalue weighted by Gasteiger charge is 2.04. The number of rotatable bonds is 4. The number of nitrogens with one attached hydrogen (secondary N) is 1. The molecular weight excluding hydrogens is 224 g/mol. The fourth-order valence-corrected chi connectivity index (χ4v) is 1.72. The zero-order valence-corrected chi connectivity index (χ0v) is 9.54. The van der Waals surface area contributed by atoms with Crippen LogP contribution < -0.4 is 5.73 Å². The molecule has 0 atom stereocenters. The summed E-state index contributed by atoms with van der Waals surface area (Å²) in [5.74, 6) is 1.49. The molecule has 0 radical (unpaired) electrons. The molecule has 16 heavy (non-hydrogen) atoms. The van der Waals surface area contributed by atoms with E-state index in [4.69, 9.17) is 17.3 Å². The lowest BCUT2D eigenvalue weighted by Gasteiger charge is -2.00. The Morgan fingerprint density at radius 3 is 2.75 bits per heavy atom. The number of aromatic nitrogens is 3. The predicted octanol–water partition coefficient (Wildman–Crippen LogP) is 1.70. The van der Waals surface area contributed by atoms with Gasteiger partial charge in [0.05, 0.1) is 6.54 Å². The van der Waals surface area contributed by atoms with Crippen LogP contribution in [0.5, 0.6) is 0 Å². The Kier molecular flexibility index (Phi) is 3.54. The number of nitrogens with two attached hydrogens (primary N) is 1. The molecule has 0 fully saturated rings. The van der Waals surface area contributed by atoms with E-state index in [2.05, 4.69) is 15.2 Å². The maximum absolute atomic E-state index is 6.05. The Labute approximate surface area is 98.8 Å². The van der Waals surface area contributed by atoms with Crippen LogP contribution in [0.15, 0.2) is 24.3 Å². The van der Waals surface area contributed by atoms with Crippen LogP contribution in [0.25, 0.3) is 0 Å². The van der Waals surface area contributed by atoms with E-state index >= 15 is 0 Å². The van der Waals surface area contributed by atoms with E-state index < -0.39 is 0 Å². The molecule has 2 rings (SSSR count). The first-order valence-electron chi connectivity index (χ1n) is 5.13. The van der Waals surface area contributed by atoms with Crippen molar-refractivity contribution in [2.45, 2.75) is 19.4 Å². The molecule has 5 heteroatoms. The van der Waals surface area contributed by atoms with E-state index in [-0.39, 0.29) is 0 Å². The normalized spacial score (nSPS) is 10.6. The summed E-state index contributed by atoms with van der Waals surface area (Å²) in [4.78, 5) is 4.24. The van der Waals surface area contributed by atoms with Crippen molar-refractivity contribution in [3.63, 3.8) is 0 Å². The Balaban J connectivity index is 1.99. The van der Waals surface area contributed by atoms with Crippen molar-refractivity contribution >= 4 is 11.6 Å². The summed E-state index contributed by atoms with van der Waals surface area (Å²) in [6.45, 7) is 0.388. The third-order valence-corrected chi connectivity index (χ3v) is 2.72. The number of halogens is 1. The first-order valence-corrected chi connectivity index (χ1v) is 5.51. The minimum absolute atomic E-state index is 0.388. The number of benzene rings is 1. The van der Waals surface area contributed by atoms with Crippen LogP contribution >= 0.6 is 11.6 Å². The van der Waals surface area contributed by atoms with Crippen LogP contribution in [0.1, 0.15) is 17.2 Å². The van der Waals surface area contributed by atoms with Crippen LogP contribution in [0.3, 0.4) is 0 Å². The molecule has 0 aliphatic heterocycles. The van der Waals surface area contributed by atoms with Gasteiger partial charge in [-0.3, -0.25) is 5.10 Å². The van der Waals surface area contributed by atoms with E-state index in [0.29, 0.717) is 12.4 Å². The predicted molar refractivity (Wildman–Crippen MR) is 63.1 cm³/mol. The maximum Gasteiger partial charge on any atom is 0.151 e. The lowest BCUT2D eigenvalue weighted by atomic mass is 10.1. The van der Waals surface area contributed by atoms with Crippen LogP contribution in [0.4, 0.5) is 0 Å². The lowest BCUT2D eigenvalue weighted by Crippen LogP contribution is -1.99. The summed E-state index contributed by atoms with van der Waals surface area (Å²) in [6, 6.07) is 7.80. The standard InChI is InChI=1S/C11H13ClN4/c12-9-4-2-1-3-8(9)5-6-10-14-11(7-13)16-15-10/h1-4H,5-7,13H2,(H,14,15,16). The lowest BCUT2D eigenvalue weighted by molar-refractivity contribution is 0.865. The van der Waals surface area contributed by atoms with Crippen molar-refractivity contribution in [3.8, 4) is 0 Å². The third-order valence-electron chi connectivity index (χ3n) is 2.35. The van der Waals surface area contributed by atoms with Gasteiger partial charge in [0, 0.05) is 11.4 Å².